The van der Waals surface area contributed by atoms with Crippen LogP contribution >= 0.6 is 0 Å². The fraction of sp³-hybridized carbons (Fsp3) is 0.333. The minimum atomic E-state index is -0.577. The monoisotopic (exact) mass is 369 g/mol. The highest BCUT2D eigenvalue weighted by molar-refractivity contribution is 5.80. The van der Waals surface area contributed by atoms with Gasteiger partial charge in [-0.05, 0) is 60.2 Å². The third kappa shape index (κ3) is 5.48. The Morgan fingerprint density at radius 2 is 1.85 bits per heavy atom. The molecule has 0 saturated heterocycles. The first-order valence-electron chi connectivity index (χ1n) is 8.94. The molecule has 0 fully saturated rings. The van der Waals surface area contributed by atoms with Crippen molar-refractivity contribution in [2.75, 3.05) is 20.3 Å². The fourth-order valence-corrected chi connectivity index (χ4v) is 3.00. The van der Waals surface area contributed by atoms with Gasteiger partial charge >= 0.3 is 5.97 Å². The van der Waals surface area contributed by atoms with Crippen LogP contribution in [-0.4, -0.2) is 32.2 Å². The maximum Gasteiger partial charge on any atom is 0.344 e. The molecule has 0 aromatic heterocycles. The number of hydrogen-bond acceptors (Lipinski definition) is 5. The zero-order valence-electron chi connectivity index (χ0n) is 15.3. The quantitative estimate of drug-likeness (QED) is 0.724. The van der Waals surface area contributed by atoms with Gasteiger partial charge in [0.25, 0.3) is 5.91 Å². The van der Waals surface area contributed by atoms with Crippen molar-refractivity contribution in [3.8, 4) is 11.5 Å². The van der Waals surface area contributed by atoms with E-state index >= 15 is 0 Å². The molecule has 2 aromatic carbocycles. The first-order chi connectivity index (χ1) is 13.1. The molecule has 0 atom stereocenters. The maximum atomic E-state index is 11.8. The normalized spacial score (nSPS) is 12.2. The number of aryl methyl sites for hydroxylation is 2. The Labute approximate surface area is 158 Å². The molecule has 27 heavy (non-hydrogen) atoms. The summed E-state index contributed by atoms with van der Waals surface area (Å²) in [4.78, 5) is 23.6. The molecule has 6 nitrogen and oxygen atoms in total. The Kier molecular flexibility index (Phi) is 6.30. The van der Waals surface area contributed by atoms with Gasteiger partial charge in [-0.1, -0.05) is 18.2 Å². The summed E-state index contributed by atoms with van der Waals surface area (Å²) >= 11 is 0. The van der Waals surface area contributed by atoms with Gasteiger partial charge in [0, 0.05) is 6.54 Å². The second-order valence-electron chi connectivity index (χ2n) is 6.36. The molecule has 1 N–H and O–H groups in total. The molecule has 0 bridgehead atoms. The van der Waals surface area contributed by atoms with Crippen LogP contribution in [0.4, 0.5) is 0 Å². The summed E-state index contributed by atoms with van der Waals surface area (Å²) < 4.78 is 15.5. The van der Waals surface area contributed by atoms with Crippen LogP contribution < -0.4 is 14.8 Å². The van der Waals surface area contributed by atoms with Gasteiger partial charge in [0.15, 0.2) is 13.2 Å². The van der Waals surface area contributed by atoms with Crippen LogP contribution in [0.3, 0.4) is 0 Å². The minimum absolute atomic E-state index is 0.220. The van der Waals surface area contributed by atoms with E-state index in [9.17, 15) is 9.59 Å². The number of esters is 1. The summed E-state index contributed by atoms with van der Waals surface area (Å²) in [6, 6.07) is 13.2. The highest BCUT2D eigenvalue weighted by Gasteiger charge is 2.13. The van der Waals surface area contributed by atoms with E-state index in [1.165, 1.54) is 11.1 Å². The molecule has 2 aromatic rings. The fourth-order valence-electron chi connectivity index (χ4n) is 3.00. The SMILES string of the molecule is COc1cccc(CNC(=O)COC(=O)COc2ccc3c(c2)CCC3)c1. The second-order valence-corrected chi connectivity index (χ2v) is 6.36. The molecule has 1 amide bonds. The lowest BCUT2D eigenvalue weighted by Gasteiger charge is -2.09. The van der Waals surface area contributed by atoms with E-state index in [1.807, 2.05) is 42.5 Å². The summed E-state index contributed by atoms with van der Waals surface area (Å²) in [6.45, 7) is -0.225. The topological polar surface area (TPSA) is 73.9 Å². The molecular formula is C21H23NO5. The Morgan fingerprint density at radius 1 is 1.00 bits per heavy atom. The summed E-state index contributed by atoms with van der Waals surface area (Å²) in [5.74, 6) is 0.419. The van der Waals surface area contributed by atoms with E-state index in [0.717, 1.165) is 30.6 Å². The molecule has 0 aliphatic heterocycles. The van der Waals surface area contributed by atoms with E-state index in [-0.39, 0.29) is 19.1 Å². The Bertz CT molecular complexity index is 818. The van der Waals surface area contributed by atoms with Crippen molar-refractivity contribution < 1.29 is 23.8 Å². The van der Waals surface area contributed by atoms with Gasteiger partial charge in [-0.2, -0.15) is 0 Å². The van der Waals surface area contributed by atoms with E-state index in [4.69, 9.17) is 14.2 Å². The lowest BCUT2D eigenvalue weighted by molar-refractivity contribution is -0.150. The number of benzene rings is 2. The van der Waals surface area contributed by atoms with Crippen molar-refractivity contribution in [1.82, 2.24) is 5.32 Å². The van der Waals surface area contributed by atoms with Crippen LogP contribution in [0, 0.1) is 0 Å². The first-order valence-corrected chi connectivity index (χ1v) is 8.94. The molecule has 3 rings (SSSR count). The van der Waals surface area contributed by atoms with Crippen molar-refractivity contribution in [1.29, 1.82) is 0 Å². The summed E-state index contributed by atoms with van der Waals surface area (Å²) in [5, 5.41) is 2.70. The summed E-state index contributed by atoms with van der Waals surface area (Å²) in [7, 11) is 1.59. The molecule has 0 unspecified atom stereocenters. The highest BCUT2D eigenvalue weighted by atomic mass is 16.6. The van der Waals surface area contributed by atoms with E-state index < -0.39 is 5.97 Å². The van der Waals surface area contributed by atoms with Crippen LogP contribution in [0.25, 0.3) is 0 Å². The van der Waals surface area contributed by atoms with E-state index in [1.54, 1.807) is 7.11 Å². The van der Waals surface area contributed by atoms with Crippen LogP contribution in [0.1, 0.15) is 23.1 Å². The number of nitrogens with one attached hydrogen (secondary N) is 1. The molecule has 1 aliphatic rings. The van der Waals surface area contributed by atoms with Gasteiger partial charge in [0.05, 0.1) is 7.11 Å². The average Bonchev–Trinajstić information content (AvgIpc) is 3.17. The van der Waals surface area contributed by atoms with Crippen LogP contribution in [0.2, 0.25) is 0 Å². The smallest absolute Gasteiger partial charge is 0.344 e. The number of ether oxygens (including phenoxy) is 3. The van der Waals surface area contributed by atoms with Crippen LogP contribution in [0.5, 0.6) is 11.5 Å². The third-order valence-corrected chi connectivity index (χ3v) is 4.41. The molecule has 142 valence electrons. The molecule has 1 aliphatic carbocycles. The van der Waals surface area contributed by atoms with Gasteiger partial charge in [0.1, 0.15) is 11.5 Å². The van der Waals surface area contributed by atoms with Gasteiger partial charge in [-0.3, -0.25) is 4.79 Å². The third-order valence-electron chi connectivity index (χ3n) is 4.41. The molecule has 0 radical (unpaired) electrons. The van der Waals surface area contributed by atoms with E-state index in [0.29, 0.717) is 12.3 Å². The zero-order valence-corrected chi connectivity index (χ0v) is 15.3. The van der Waals surface area contributed by atoms with Gasteiger partial charge in [-0.15, -0.1) is 0 Å². The van der Waals surface area contributed by atoms with Gasteiger partial charge in [0.2, 0.25) is 0 Å². The summed E-state index contributed by atoms with van der Waals surface area (Å²) in [5.41, 5.74) is 3.52. The molecule has 6 heteroatoms. The van der Waals surface area contributed by atoms with Crippen molar-refractivity contribution in [3.63, 3.8) is 0 Å². The van der Waals surface area contributed by atoms with Gasteiger partial charge < -0.3 is 19.5 Å². The first kappa shape index (κ1) is 18.8. The highest BCUT2D eigenvalue weighted by Crippen LogP contribution is 2.25. The Balaban J connectivity index is 1.36. The lowest BCUT2D eigenvalue weighted by Crippen LogP contribution is -2.29. The zero-order chi connectivity index (χ0) is 19.1. The number of carbonyl (C=O) groups is 2. The predicted octanol–water partition coefficient (Wildman–Crippen LogP) is 2.42. The molecular weight excluding hydrogens is 346 g/mol. The maximum absolute atomic E-state index is 11.8. The van der Waals surface area contributed by atoms with E-state index in [2.05, 4.69) is 5.32 Å². The lowest BCUT2D eigenvalue weighted by atomic mass is 10.1. The van der Waals surface area contributed by atoms with Crippen molar-refractivity contribution in [2.24, 2.45) is 0 Å². The standard InChI is InChI=1S/C21H23NO5/c1-25-18-7-2-4-15(10-18)12-22-20(23)13-27-21(24)14-26-19-9-8-16-5-3-6-17(16)11-19/h2,4,7-11H,3,5-6,12-14H2,1H3,(H,22,23). The summed E-state index contributed by atoms with van der Waals surface area (Å²) in [6.07, 6.45) is 3.30. The van der Waals surface area contributed by atoms with Crippen molar-refractivity contribution >= 4 is 11.9 Å². The second kappa shape index (κ2) is 9.07. The number of carbonyl (C=O) groups excluding carboxylic acids is 2. The van der Waals surface area contributed by atoms with Crippen molar-refractivity contribution in [3.05, 3.63) is 59.2 Å². The van der Waals surface area contributed by atoms with Gasteiger partial charge in [-0.25, -0.2) is 4.79 Å². The number of amides is 1. The molecule has 0 spiro atoms. The number of fused-ring (bicyclic) bond motifs is 1. The number of rotatable bonds is 8. The minimum Gasteiger partial charge on any atom is -0.497 e. The molecule has 0 heterocycles. The van der Waals surface area contributed by atoms with Crippen molar-refractivity contribution in [2.45, 2.75) is 25.8 Å². The predicted molar refractivity (Wildman–Crippen MR) is 99.8 cm³/mol. The van der Waals surface area contributed by atoms with Crippen LogP contribution in [0.15, 0.2) is 42.5 Å². The largest absolute Gasteiger partial charge is 0.497 e. The van der Waals surface area contributed by atoms with Crippen LogP contribution in [-0.2, 0) is 33.7 Å². The Hall–Kier alpha value is -3.02. The average molecular weight is 369 g/mol. The molecule has 0 saturated carbocycles. The number of methoxy groups -OCH3 is 1. The number of hydrogen-bond donors (Lipinski definition) is 1. The Morgan fingerprint density at radius 3 is 2.70 bits per heavy atom.